The average Bonchev–Trinajstić information content (AvgIpc) is 3.66. The summed E-state index contributed by atoms with van der Waals surface area (Å²) in [5.74, 6) is -0.358. The van der Waals surface area contributed by atoms with Crippen molar-refractivity contribution in [1.82, 2.24) is 29.2 Å². The van der Waals surface area contributed by atoms with Crippen LogP contribution < -0.4 is 5.32 Å². The monoisotopic (exact) mass is 585 g/mol. The lowest BCUT2D eigenvalue weighted by molar-refractivity contribution is 0.0106. The first kappa shape index (κ1) is 28.2. The summed E-state index contributed by atoms with van der Waals surface area (Å²) in [5.41, 5.74) is 3.42. The van der Waals surface area contributed by atoms with Crippen LogP contribution in [0.5, 0.6) is 0 Å². The zero-order valence-corrected chi connectivity index (χ0v) is 25.2. The maximum Gasteiger partial charge on any atom is 0.261 e. The third-order valence-corrected chi connectivity index (χ3v) is 9.71. The number of aromatic nitrogens is 5. The maximum absolute atomic E-state index is 15.8. The van der Waals surface area contributed by atoms with Gasteiger partial charge >= 0.3 is 0 Å². The number of imidazole rings is 1. The van der Waals surface area contributed by atoms with Gasteiger partial charge in [-0.25, -0.2) is 14.4 Å². The lowest BCUT2D eigenvalue weighted by Crippen LogP contribution is -2.34. The number of pyridine rings is 1. The van der Waals surface area contributed by atoms with Crippen LogP contribution in [-0.4, -0.2) is 65.0 Å². The lowest BCUT2D eigenvalue weighted by Gasteiger charge is -2.34. The second kappa shape index (κ2) is 10.8. The Bertz CT molecular complexity index is 1670. The number of nitrogens with one attached hydrogen (secondary N) is 1. The van der Waals surface area contributed by atoms with Gasteiger partial charge in [0.05, 0.1) is 28.4 Å². The van der Waals surface area contributed by atoms with E-state index in [1.807, 2.05) is 6.92 Å². The topological polar surface area (TPSA) is 101 Å². The molecule has 2 saturated carbocycles. The van der Waals surface area contributed by atoms with E-state index in [0.717, 1.165) is 55.8 Å². The van der Waals surface area contributed by atoms with E-state index >= 15 is 4.39 Å². The summed E-state index contributed by atoms with van der Waals surface area (Å²) >= 11 is 0. The predicted octanol–water partition coefficient (Wildman–Crippen LogP) is 5.74. The molecule has 0 spiro atoms. The highest BCUT2D eigenvalue weighted by atomic mass is 19.1. The molecule has 2 N–H and O–H groups in total. The smallest absolute Gasteiger partial charge is 0.261 e. The molecule has 0 bridgehead atoms. The normalized spacial score (nSPS) is 23.6. The number of halogens is 1. The van der Waals surface area contributed by atoms with E-state index in [0.29, 0.717) is 36.0 Å². The van der Waals surface area contributed by atoms with Gasteiger partial charge in [0, 0.05) is 36.6 Å². The van der Waals surface area contributed by atoms with E-state index in [1.165, 1.54) is 30.7 Å². The highest BCUT2D eigenvalue weighted by Crippen LogP contribution is 2.40. The summed E-state index contributed by atoms with van der Waals surface area (Å²) in [5, 5.41) is 17.7. The number of piperidine rings is 1. The van der Waals surface area contributed by atoms with Crippen molar-refractivity contribution in [1.29, 1.82) is 0 Å². The van der Waals surface area contributed by atoms with Gasteiger partial charge in [-0.05, 0) is 108 Å². The molecule has 7 rings (SSSR count). The van der Waals surface area contributed by atoms with Gasteiger partial charge in [-0.1, -0.05) is 6.07 Å². The molecule has 9 nitrogen and oxygen atoms in total. The highest BCUT2D eigenvalue weighted by Gasteiger charge is 2.34. The molecule has 3 fully saturated rings. The van der Waals surface area contributed by atoms with E-state index in [2.05, 4.69) is 43.1 Å². The zero-order chi connectivity index (χ0) is 29.9. The number of hydrogen-bond acceptors (Lipinski definition) is 6. The summed E-state index contributed by atoms with van der Waals surface area (Å²) in [4.78, 5) is 25.6. The molecule has 1 amide bonds. The van der Waals surface area contributed by atoms with E-state index < -0.39 is 17.3 Å². The molecular weight excluding hydrogens is 545 g/mol. The van der Waals surface area contributed by atoms with Gasteiger partial charge in [0.15, 0.2) is 5.82 Å². The van der Waals surface area contributed by atoms with Crippen LogP contribution in [0.2, 0.25) is 0 Å². The van der Waals surface area contributed by atoms with Crippen molar-refractivity contribution in [3.63, 3.8) is 0 Å². The number of benzene rings is 1. The first-order chi connectivity index (χ1) is 20.6. The molecular formula is C33H40FN7O2. The number of hydrogen-bond donors (Lipinski definition) is 2. The van der Waals surface area contributed by atoms with Gasteiger partial charge in [-0.15, -0.1) is 0 Å². The summed E-state index contributed by atoms with van der Waals surface area (Å²) in [6.07, 6.45) is 11.0. The number of aliphatic hydroxyl groups is 1. The third-order valence-electron chi connectivity index (χ3n) is 9.71. The minimum Gasteiger partial charge on any atom is -0.390 e. The van der Waals surface area contributed by atoms with E-state index in [-0.39, 0.29) is 17.3 Å². The fourth-order valence-electron chi connectivity index (χ4n) is 7.07. The van der Waals surface area contributed by atoms with Gasteiger partial charge in [0.25, 0.3) is 5.91 Å². The minimum absolute atomic E-state index is 0.0585. The number of rotatable bonds is 6. The van der Waals surface area contributed by atoms with E-state index in [4.69, 9.17) is 4.98 Å². The quantitative estimate of drug-likeness (QED) is 0.299. The van der Waals surface area contributed by atoms with Crippen molar-refractivity contribution in [2.45, 2.75) is 88.8 Å². The minimum atomic E-state index is -0.695. The molecule has 0 unspecified atom stereocenters. The number of nitrogens with zero attached hydrogens (tertiary/aromatic N) is 6. The van der Waals surface area contributed by atoms with Gasteiger partial charge in [0.1, 0.15) is 5.69 Å². The molecule has 226 valence electrons. The Morgan fingerprint density at radius 2 is 1.79 bits per heavy atom. The molecule has 2 aliphatic carbocycles. The summed E-state index contributed by atoms with van der Waals surface area (Å²) in [7, 11) is 1.75. The Morgan fingerprint density at radius 3 is 2.47 bits per heavy atom. The van der Waals surface area contributed by atoms with Crippen molar-refractivity contribution >= 4 is 22.9 Å². The number of aryl methyl sites for hydroxylation is 2. The number of carbonyl (C=O) groups excluding carboxylic acids is 1. The standard InChI is InChI=1S/C33H40FN7O2/c1-20-16-26(29(34)30(36-20)23-18-35-39(3)19-23)31(42)38-32-37-27-17-22(21-10-14-40(15-11-21)24-5-6-24)4-7-28(27)41(32)25-8-12-33(2,43)13-9-25/h4,7,16-19,21,24-25,43H,5-6,8-15H2,1-3H3,(H,37,38,42). The van der Waals surface area contributed by atoms with Crippen LogP contribution >= 0.6 is 0 Å². The fraction of sp³-hybridized carbons (Fsp3) is 0.515. The van der Waals surface area contributed by atoms with E-state index in [1.54, 1.807) is 24.9 Å². The SMILES string of the molecule is Cc1cc(C(=O)Nc2nc3cc(C4CCN(C5CC5)CC4)ccc3n2C2CCC(C)(O)CC2)c(F)c(-c2cnn(C)c2)n1. The molecule has 1 saturated heterocycles. The molecule has 3 aliphatic rings. The molecule has 1 aromatic carbocycles. The van der Waals surface area contributed by atoms with Crippen LogP contribution in [0.3, 0.4) is 0 Å². The van der Waals surface area contributed by atoms with E-state index in [9.17, 15) is 9.90 Å². The number of likely N-dealkylation sites (tertiary alicyclic amines) is 1. The molecule has 3 aromatic heterocycles. The largest absolute Gasteiger partial charge is 0.390 e. The number of anilines is 1. The second-order valence-corrected chi connectivity index (χ2v) is 13.2. The van der Waals surface area contributed by atoms with Crippen molar-refractivity contribution < 1.29 is 14.3 Å². The molecule has 10 heteroatoms. The van der Waals surface area contributed by atoms with Crippen molar-refractivity contribution in [2.24, 2.45) is 7.05 Å². The highest BCUT2D eigenvalue weighted by molar-refractivity contribution is 6.05. The molecule has 0 atom stereocenters. The van der Waals surface area contributed by atoms with Crippen LogP contribution in [-0.2, 0) is 7.05 Å². The molecule has 43 heavy (non-hydrogen) atoms. The summed E-state index contributed by atoms with van der Waals surface area (Å²) in [6.45, 7) is 5.91. The zero-order valence-electron chi connectivity index (χ0n) is 25.2. The Kier molecular flexibility index (Phi) is 7.09. The van der Waals surface area contributed by atoms with Crippen LogP contribution in [0.25, 0.3) is 22.3 Å². The van der Waals surface area contributed by atoms with Crippen molar-refractivity contribution in [3.8, 4) is 11.3 Å². The summed E-state index contributed by atoms with van der Waals surface area (Å²) < 4.78 is 19.4. The number of amides is 1. The second-order valence-electron chi connectivity index (χ2n) is 13.2. The summed E-state index contributed by atoms with van der Waals surface area (Å²) in [6, 6.07) is 8.86. The first-order valence-corrected chi connectivity index (χ1v) is 15.6. The van der Waals surface area contributed by atoms with Crippen LogP contribution in [0.15, 0.2) is 36.7 Å². The molecule has 4 aromatic rings. The molecule has 1 aliphatic heterocycles. The maximum atomic E-state index is 15.8. The van der Waals surface area contributed by atoms with Crippen molar-refractivity contribution in [3.05, 3.63) is 59.3 Å². The predicted molar refractivity (Wildman–Crippen MR) is 164 cm³/mol. The Labute approximate surface area is 251 Å². The third kappa shape index (κ3) is 5.58. The Morgan fingerprint density at radius 1 is 1.05 bits per heavy atom. The lowest BCUT2D eigenvalue weighted by atomic mass is 9.83. The number of carbonyl (C=O) groups is 1. The number of fused-ring (bicyclic) bond motifs is 1. The van der Waals surface area contributed by atoms with Gasteiger partial charge in [-0.3, -0.25) is 14.8 Å². The van der Waals surface area contributed by atoms with Crippen LogP contribution in [0.4, 0.5) is 10.3 Å². The Balaban J connectivity index is 1.22. The van der Waals surface area contributed by atoms with Gasteiger partial charge in [-0.2, -0.15) is 5.10 Å². The molecule has 0 radical (unpaired) electrons. The average molecular weight is 586 g/mol. The van der Waals surface area contributed by atoms with Crippen molar-refractivity contribution in [2.75, 3.05) is 18.4 Å². The van der Waals surface area contributed by atoms with Crippen LogP contribution in [0, 0.1) is 12.7 Å². The van der Waals surface area contributed by atoms with Gasteiger partial charge < -0.3 is 14.6 Å². The first-order valence-electron chi connectivity index (χ1n) is 15.6. The van der Waals surface area contributed by atoms with Crippen LogP contribution in [0.1, 0.15) is 91.9 Å². The van der Waals surface area contributed by atoms with Gasteiger partial charge in [0.2, 0.25) is 5.95 Å². The molecule has 4 heterocycles. The Hall–Kier alpha value is -3.63. The fourth-order valence-corrected chi connectivity index (χ4v) is 7.07.